The third-order valence-electron chi connectivity index (χ3n) is 1.41. The standard InChI is InChI=1S/C9H14ClN3O/c1-2-12-7-8(6-11)9(14)13-5-3-4-10/h7,12H,2-5H2,1H3,(H,13,14)/b8-7-. The Labute approximate surface area is 88.9 Å². The van der Waals surface area contributed by atoms with Crippen molar-refractivity contribution in [3.63, 3.8) is 0 Å². The minimum absolute atomic E-state index is 0.0847. The summed E-state index contributed by atoms with van der Waals surface area (Å²) in [4.78, 5) is 11.3. The van der Waals surface area contributed by atoms with Gasteiger partial charge in [-0.15, -0.1) is 11.6 Å². The van der Waals surface area contributed by atoms with Crippen molar-refractivity contribution < 1.29 is 4.79 Å². The molecule has 0 aromatic carbocycles. The molecule has 0 aromatic heterocycles. The topological polar surface area (TPSA) is 64.9 Å². The number of alkyl halides is 1. The van der Waals surface area contributed by atoms with E-state index in [9.17, 15) is 4.79 Å². The van der Waals surface area contributed by atoms with Gasteiger partial charge in [0, 0.05) is 25.2 Å². The first kappa shape index (κ1) is 12.8. The van der Waals surface area contributed by atoms with E-state index in [0.29, 0.717) is 25.4 Å². The van der Waals surface area contributed by atoms with E-state index >= 15 is 0 Å². The number of nitriles is 1. The van der Waals surface area contributed by atoms with Gasteiger partial charge in [-0.05, 0) is 13.3 Å². The van der Waals surface area contributed by atoms with Crippen molar-refractivity contribution in [1.29, 1.82) is 5.26 Å². The Bertz CT molecular complexity index is 245. The number of hydrogen-bond acceptors (Lipinski definition) is 3. The zero-order valence-electron chi connectivity index (χ0n) is 8.14. The third-order valence-corrected chi connectivity index (χ3v) is 1.68. The number of halogens is 1. The Hall–Kier alpha value is -1.21. The lowest BCUT2D eigenvalue weighted by Gasteiger charge is -2.02. The van der Waals surface area contributed by atoms with Crippen LogP contribution in [0.1, 0.15) is 13.3 Å². The highest BCUT2D eigenvalue weighted by Gasteiger charge is 2.06. The molecule has 0 spiro atoms. The van der Waals surface area contributed by atoms with Crippen LogP contribution in [0.4, 0.5) is 0 Å². The maximum atomic E-state index is 11.3. The molecule has 2 N–H and O–H groups in total. The van der Waals surface area contributed by atoms with Gasteiger partial charge in [0.1, 0.15) is 11.6 Å². The van der Waals surface area contributed by atoms with E-state index in [1.807, 2.05) is 13.0 Å². The molecule has 0 unspecified atom stereocenters. The van der Waals surface area contributed by atoms with Crippen LogP contribution in [-0.4, -0.2) is 24.9 Å². The first-order chi connectivity index (χ1) is 6.76. The molecule has 78 valence electrons. The fourth-order valence-corrected chi connectivity index (χ4v) is 0.850. The van der Waals surface area contributed by atoms with Gasteiger partial charge in [0.25, 0.3) is 5.91 Å². The Kier molecular flexibility index (Phi) is 7.67. The second-order valence-electron chi connectivity index (χ2n) is 2.53. The van der Waals surface area contributed by atoms with Crippen LogP contribution >= 0.6 is 11.6 Å². The molecule has 0 saturated heterocycles. The van der Waals surface area contributed by atoms with Gasteiger partial charge < -0.3 is 10.6 Å². The van der Waals surface area contributed by atoms with Gasteiger partial charge >= 0.3 is 0 Å². The Morgan fingerprint density at radius 2 is 2.36 bits per heavy atom. The number of hydrogen-bond donors (Lipinski definition) is 2. The maximum Gasteiger partial charge on any atom is 0.263 e. The maximum absolute atomic E-state index is 11.3. The van der Waals surface area contributed by atoms with Crippen molar-refractivity contribution in [2.75, 3.05) is 19.0 Å². The lowest BCUT2D eigenvalue weighted by atomic mass is 10.3. The molecule has 0 heterocycles. The molecule has 5 heteroatoms. The summed E-state index contributed by atoms with van der Waals surface area (Å²) in [5, 5.41) is 14.0. The smallest absolute Gasteiger partial charge is 0.263 e. The van der Waals surface area contributed by atoms with Gasteiger partial charge in [-0.3, -0.25) is 4.79 Å². The van der Waals surface area contributed by atoms with E-state index in [1.165, 1.54) is 6.20 Å². The third kappa shape index (κ3) is 5.44. The molecular formula is C9H14ClN3O. The zero-order chi connectivity index (χ0) is 10.8. The normalized spacial score (nSPS) is 10.5. The van der Waals surface area contributed by atoms with Gasteiger partial charge in [0.05, 0.1) is 0 Å². The molecular weight excluding hydrogens is 202 g/mol. The van der Waals surface area contributed by atoms with Crippen molar-refractivity contribution >= 4 is 17.5 Å². The molecule has 0 saturated carbocycles. The number of carbonyl (C=O) groups excluding carboxylic acids is 1. The Morgan fingerprint density at radius 1 is 1.64 bits per heavy atom. The summed E-state index contributed by atoms with van der Waals surface area (Å²) in [5.74, 6) is 0.137. The molecule has 0 aromatic rings. The zero-order valence-corrected chi connectivity index (χ0v) is 8.90. The largest absolute Gasteiger partial charge is 0.390 e. The van der Waals surface area contributed by atoms with Crippen molar-refractivity contribution in [3.05, 3.63) is 11.8 Å². The van der Waals surface area contributed by atoms with Gasteiger partial charge in [-0.25, -0.2) is 0 Å². The lowest BCUT2D eigenvalue weighted by Crippen LogP contribution is -2.26. The van der Waals surface area contributed by atoms with E-state index in [-0.39, 0.29) is 11.5 Å². The molecule has 14 heavy (non-hydrogen) atoms. The van der Waals surface area contributed by atoms with Crippen molar-refractivity contribution in [3.8, 4) is 6.07 Å². The van der Waals surface area contributed by atoms with E-state index in [0.717, 1.165) is 0 Å². The second kappa shape index (κ2) is 8.39. The van der Waals surface area contributed by atoms with Crippen LogP contribution in [0.3, 0.4) is 0 Å². The first-order valence-electron chi connectivity index (χ1n) is 4.44. The number of nitrogens with zero attached hydrogens (tertiary/aromatic N) is 1. The minimum atomic E-state index is -0.362. The molecule has 0 atom stereocenters. The molecule has 1 amide bonds. The molecule has 0 radical (unpaired) electrons. The summed E-state index contributed by atoms with van der Waals surface area (Å²) in [6.45, 7) is 3.06. The highest BCUT2D eigenvalue weighted by molar-refractivity contribution is 6.17. The number of nitrogens with one attached hydrogen (secondary N) is 2. The predicted octanol–water partition coefficient (Wildman–Crippen LogP) is 0.748. The van der Waals surface area contributed by atoms with Gasteiger partial charge in [0.2, 0.25) is 0 Å². The molecule has 0 fully saturated rings. The van der Waals surface area contributed by atoms with Crippen LogP contribution in [-0.2, 0) is 4.79 Å². The molecule has 0 aliphatic rings. The summed E-state index contributed by atoms with van der Waals surface area (Å²) in [6, 6.07) is 1.82. The van der Waals surface area contributed by atoms with Crippen LogP contribution in [0.5, 0.6) is 0 Å². The fraction of sp³-hybridized carbons (Fsp3) is 0.556. The SMILES string of the molecule is CCN/C=C(/C#N)C(=O)NCCCCl. The van der Waals surface area contributed by atoms with Crippen molar-refractivity contribution in [2.24, 2.45) is 0 Å². The van der Waals surface area contributed by atoms with E-state index in [2.05, 4.69) is 10.6 Å². The monoisotopic (exact) mass is 215 g/mol. The quantitative estimate of drug-likeness (QED) is 0.297. The van der Waals surface area contributed by atoms with E-state index in [4.69, 9.17) is 16.9 Å². The number of carbonyl (C=O) groups is 1. The van der Waals surface area contributed by atoms with Crippen LogP contribution in [0.25, 0.3) is 0 Å². The Morgan fingerprint density at radius 3 is 2.86 bits per heavy atom. The lowest BCUT2D eigenvalue weighted by molar-refractivity contribution is -0.117. The summed E-state index contributed by atoms with van der Waals surface area (Å²) in [5.41, 5.74) is 0.0847. The highest BCUT2D eigenvalue weighted by atomic mass is 35.5. The Balaban J connectivity index is 4.00. The van der Waals surface area contributed by atoms with E-state index < -0.39 is 0 Å². The summed E-state index contributed by atoms with van der Waals surface area (Å²) in [6.07, 6.45) is 2.11. The first-order valence-corrected chi connectivity index (χ1v) is 4.97. The predicted molar refractivity (Wildman–Crippen MR) is 55.7 cm³/mol. The second-order valence-corrected chi connectivity index (χ2v) is 2.90. The average molecular weight is 216 g/mol. The highest BCUT2D eigenvalue weighted by Crippen LogP contribution is 1.90. The average Bonchev–Trinajstić information content (AvgIpc) is 2.19. The minimum Gasteiger partial charge on any atom is -0.390 e. The van der Waals surface area contributed by atoms with Crippen LogP contribution in [0.2, 0.25) is 0 Å². The van der Waals surface area contributed by atoms with Gasteiger partial charge in [-0.2, -0.15) is 5.26 Å². The summed E-state index contributed by atoms with van der Waals surface area (Å²) in [7, 11) is 0. The van der Waals surface area contributed by atoms with Gasteiger partial charge in [0.15, 0.2) is 0 Å². The fourth-order valence-electron chi connectivity index (χ4n) is 0.717. The molecule has 4 nitrogen and oxygen atoms in total. The molecule has 0 aliphatic carbocycles. The van der Waals surface area contributed by atoms with Crippen LogP contribution in [0.15, 0.2) is 11.8 Å². The number of amides is 1. The summed E-state index contributed by atoms with van der Waals surface area (Å²) >= 11 is 5.44. The summed E-state index contributed by atoms with van der Waals surface area (Å²) < 4.78 is 0. The molecule has 0 bridgehead atoms. The molecule has 0 aliphatic heterocycles. The molecule has 0 rings (SSSR count). The van der Waals surface area contributed by atoms with Crippen molar-refractivity contribution in [2.45, 2.75) is 13.3 Å². The van der Waals surface area contributed by atoms with Gasteiger partial charge in [-0.1, -0.05) is 0 Å². The number of rotatable bonds is 6. The van der Waals surface area contributed by atoms with E-state index in [1.54, 1.807) is 0 Å². The van der Waals surface area contributed by atoms with Crippen LogP contribution in [0, 0.1) is 11.3 Å². The van der Waals surface area contributed by atoms with Crippen molar-refractivity contribution in [1.82, 2.24) is 10.6 Å². The van der Waals surface area contributed by atoms with Crippen LogP contribution < -0.4 is 10.6 Å².